The maximum atomic E-state index is 12.8. The van der Waals surface area contributed by atoms with Gasteiger partial charge >= 0.3 is 0 Å². The normalized spacial score (nSPS) is 13.8. The van der Waals surface area contributed by atoms with Gasteiger partial charge in [-0.3, -0.25) is 14.9 Å². The summed E-state index contributed by atoms with van der Waals surface area (Å²) in [5.41, 5.74) is 1.57. The Morgan fingerprint density at radius 2 is 1.88 bits per heavy atom. The molecule has 0 atom stereocenters. The molecule has 0 radical (unpaired) electrons. The fraction of sp³-hybridized carbons (Fsp3) is 0.375. The van der Waals surface area contributed by atoms with E-state index in [9.17, 15) is 9.59 Å². The van der Waals surface area contributed by atoms with Crippen LogP contribution in [0.2, 0.25) is 0 Å². The van der Waals surface area contributed by atoms with E-state index in [1.165, 1.54) is 6.42 Å². The summed E-state index contributed by atoms with van der Waals surface area (Å²) in [5, 5.41) is 8.92. The van der Waals surface area contributed by atoms with Crippen LogP contribution in [-0.2, 0) is 0 Å². The topological polar surface area (TPSA) is 79.5 Å². The third kappa shape index (κ3) is 7.03. The summed E-state index contributed by atoms with van der Waals surface area (Å²) in [6.45, 7) is 2.52. The van der Waals surface area contributed by atoms with E-state index in [2.05, 4.69) is 31.9 Å². The van der Waals surface area contributed by atoms with Gasteiger partial charge in [0.25, 0.3) is 11.8 Å². The fourth-order valence-corrected chi connectivity index (χ4v) is 4.18. The second-order valence-corrected chi connectivity index (χ2v) is 9.11. The van der Waals surface area contributed by atoms with Gasteiger partial charge in [-0.05, 0) is 67.9 Å². The Bertz CT molecular complexity index is 977. The van der Waals surface area contributed by atoms with Gasteiger partial charge in [0.15, 0.2) is 5.11 Å². The minimum Gasteiger partial charge on any atom is -0.493 e. The van der Waals surface area contributed by atoms with Crippen LogP contribution < -0.4 is 20.7 Å². The largest absolute Gasteiger partial charge is 0.493 e. The van der Waals surface area contributed by atoms with E-state index in [1.54, 1.807) is 36.4 Å². The fourth-order valence-electron chi connectivity index (χ4n) is 3.60. The number of hydrogen-bond donors (Lipinski definition) is 3. The molecule has 0 spiro atoms. The van der Waals surface area contributed by atoms with Crippen LogP contribution in [0.3, 0.4) is 0 Å². The number of benzene rings is 2. The summed E-state index contributed by atoms with van der Waals surface area (Å²) in [5.74, 6) is 0.0279. The SMILES string of the molecule is CCCOc1ccc(Br)cc1C(=O)NC(=S)Nc1cccc(C(=O)NC2CCCCC2)c1. The maximum absolute atomic E-state index is 12.8. The van der Waals surface area contributed by atoms with Gasteiger partial charge in [0.1, 0.15) is 5.75 Å². The van der Waals surface area contributed by atoms with Crippen LogP contribution in [0.5, 0.6) is 5.75 Å². The quantitative estimate of drug-likeness (QED) is 0.427. The predicted octanol–water partition coefficient (Wildman–Crippen LogP) is 5.43. The molecule has 3 N–H and O–H groups in total. The monoisotopic (exact) mass is 517 g/mol. The maximum Gasteiger partial charge on any atom is 0.261 e. The molecule has 3 rings (SSSR count). The average Bonchev–Trinajstić information content (AvgIpc) is 2.79. The Morgan fingerprint density at radius 1 is 1.09 bits per heavy atom. The number of amides is 2. The molecule has 0 aromatic heterocycles. The molecule has 0 saturated heterocycles. The van der Waals surface area contributed by atoms with Crippen molar-refractivity contribution in [2.24, 2.45) is 0 Å². The van der Waals surface area contributed by atoms with E-state index in [0.29, 0.717) is 29.2 Å². The molecular weight excluding hydrogens is 490 g/mol. The number of halogens is 1. The smallest absolute Gasteiger partial charge is 0.261 e. The molecule has 32 heavy (non-hydrogen) atoms. The summed E-state index contributed by atoms with van der Waals surface area (Å²) in [6, 6.07) is 12.6. The number of nitrogens with one attached hydrogen (secondary N) is 3. The molecule has 2 amide bonds. The van der Waals surface area contributed by atoms with Crippen molar-refractivity contribution in [1.82, 2.24) is 10.6 Å². The van der Waals surface area contributed by atoms with Crippen LogP contribution in [0.1, 0.15) is 66.2 Å². The molecule has 1 saturated carbocycles. The number of carbonyl (C=O) groups excluding carboxylic acids is 2. The molecule has 0 aliphatic heterocycles. The molecule has 2 aromatic carbocycles. The number of carbonyl (C=O) groups is 2. The zero-order chi connectivity index (χ0) is 22.9. The second kappa shape index (κ2) is 12.0. The first-order valence-corrected chi connectivity index (χ1v) is 12.1. The molecule has 0 bridgehead atoms. The highest BCUT2D eigenvalue weighted by Gasteiger charge is 2.18. The molecule has 1 fully saturated rings. The predicted molar refractivity (Wildman–Crippen MR) is 134 cm³/mol. The third-order valence-corrected chi connectivity index (χ3v) is 5.90. The highest BCUT2D eigenvalue weighted by molar-refractivity contribution is 9.10. The van der Waals surface area contributed by atoms with Crippen LogP contribution >= 0.6 is 28.1 Å². The lowest BCUT2D eigenvalue weighted by molar-refractivity contribution is 0.0926. The van der Waals surface area contributed by atoms with Crippen molar-refractivity contribution in [2.45, 2.75) is 51.5 Å². The molecule has 170 valence electrons. The average molecular weight is 518 g/mol. The Labute approximate surface area is 202 Å². The number of hydrogen-bond acceptors (Lipinski definition) is 4. The molecule has 0 unspecified atom stereocenters. The highest BCUT2D eigenvalue weighted by atomic mass is 79.9. The van der Waals surface area contributed by atoms with Crippen molar-refractivity contribution in [3.8, 4) is 5.75 Å². The summed E-state index contributed by atoms with van der Waals surface area (Å²) in [6.07, 6.45) is 6.44. The van der Waals surface area contributed by atoms with Gasteiger partial charge in [-0.15, -0.1) is 0 Å². The Balaban J connectivity index is 1.61. The van der Waals surface area contributed by atoms with E-state index < -0.39 is 0 Å². The first-order valence-electron chi connectivity index (χ1n) is 10.9. The number of thiocarbonyl (C=S) groups is 1. The Kier molecular flexibility index (Phi) is 9.05. The number of ether oxygens (including phenoxy) is 1. The zero-order valence-corrected chi connectivity index (χ0v) is 20.5. The van der Waals surface area contributed by atoms with Crippen LogP contribution in [0.15, 0.2) is 46.9 Å². The summed E-state index contributed by atoms with van der Waals surface area (Å²) in [4.78, 5) is 25.4. The molecule has 0 heterocycles. The lowest BCUT2D eigenvalue weighted by atomic mass is 9.95. The first kappa shape index (κ1) is 24.2. The summed E-state index contributed by atoms with van der Waals surface area (Å²) in [7, 11) is 0. The van der Waals surface area contributed by atoms with Crippen molar-refractivity contribution in [3.63, 3.8) is 0 Å². The van der Waals surface area contributed by atoms with Crippen LogP contribution in [0, 0.1) is 0 Å². The van der Waals surface area contributed by atoms with Gasteiger partial charge in [0, 0.05) is 21.8 Å². The van der Waals surface area contributed by atoms with Gasteiger partial charge in [0.05, 0.1) is 12.2 Å². The van der Waals surface area contributed by atoms with Gasteiger partial charge < -0.3 is 15.4 Å². The molecule has 1 aliphatic rings. The van der Waals surface area contributed by atoms with Gasteiger partial charge in [0.2, 0.25) is 0 Å². The summed E-state index contributed by atoms with van der Waals surface area (Å²) >= 11 is 8.71. The minimum absolute atomic E-state index is 0.0950. The standard InChI is InChI=1S/C24H28BrN3O3S/c1-2-13-31-21-12-11-17(25)15-20(21)23(30)28-24(32)27-19-10-6-7-16(14-19)22(29)26-18-8-4-3-5-9-18/h6-7,10-12,14-15,18H,2-5,8-9,13H2,1H3,(H,26,29)(H2,27,28,30,32). The van der Waals surface area contributed by atoms with E-state index >= 15 is 0 Å². The van der Waals surface area contributed by atoms with Gasteiger partial charge in [-0.1, -0.05) is 48.2 Å². The molecule has 8 heteroatoms. The van der Waals surface area contributed by atoms with Crippen molar-refractivity contribution < 1.29 is 14.3 Å². The minimum atomic E-state index is -0.374. The van der Waals surface area contributed by atoms with E-state index in [-0.39, 0.29) is 23.0 Å². The van der Waals surface area contributed by atoms with E-state index in [0.717, 1.165) is 36.6 Å². The molecule has 1 aliphatic carbocycles. The van der Waals surface area contributed by atoms with Crippen molar-refractivity contribution in [1.29, 1.82) is 0 Å². The highest BCUT2D eigenvalue weighted by Crippen LogP contribution is 2.24. The van der Waals surface area contributed by atoms with Crippen molar-refractivity contribution in [3.05, 3.63) is 58.1 Å². The molecular formula is C24H28BrN3O3S. The number of anilines is 1. The van der Waals surface area contributed by atoms with Crippen LogP contribution in [0.4, 0.5) is 5.69 Å². The molecule has 6 nitrogen and oxygen atoms in total. The van der Waals surface area contributed by atoms with Crippen LogP contribution in [-0.4, -0.2) is 29.6 Å². The lowest BCUT2D eigenvalue weighted by Gasteiger charge is -2.22. The van der Waals surface area contributed by atoms with E-state index in [4.69, 9.17) is 17.0 Å². The van der Waals surface area contributed by atoms with Crippen molar-refractivity contribution in [2.75, 3.05) is 11.9 Å². The summed E-state index contributed by atoms with van der Waals surface area (Å²) < 4.78 is 6.44. The molecule has 2 aromatic rings. The Morgan fingerprint density at radius 3 is 2.62 bits per heavy atom. The first-order chi connectivity index (χ1) is 15.5. The second-order valence-electron chi connectivity index (χ2n) is 7.79. The lowest BCUT2D eigenvalue weighted by Crippen LogP contribution is -2.36. The van der Waals surface area contributed by atoms with Crippen LogP contribution in [0.25, 0.3) is 0 Å². The number of rotatable bonds is 7. The van der Waals surface area contributed by atoms with Gasteiger partial charge in [-0.25, -0.2) is 0 Å². The van der Waals surface area contributed by atoms with Crippen molar-refractivity contribution >= 4 is 50.8 Å². The third-order valence-electron chi connectivity index (χ3n) is 5.20. The van der Waals surface area contributed by atoms with Gasteiger partial charge in [-0.2, -0.15) is 0 Å². The Hall–Kier alpha value is -2.45. The van der Waals surface area contributed by atoms with E-state index in [1.807, 2.05) is 13.0 Å². The zero-order valence-electron chi connectivity index (χ0n) is 18.1.